The fourth-order valence-electron chi connectivity index (χ4n) is 2.70. The third kappa shape index (κ3) is 3.27. The first-order valence-corrected chi connectivity index (χ1v) is 7.95. The van der Waals surface area contributed by atoms with Crippen molar-refractivity contribution in [1.29, 1.82) is 0 Å². The molecule has 1 aliphatic rings. The van der Waals surface area contributed by atoms with Crippen LogP contribution in [0.5, 0.6) is 5.75 Å². The molecule has 1 N–H and O–H groups in total. The molecule has 1 aromatic carbocycles. The Morgan fingerprint density at radius 1 is 1.29 bits per heavy atom. The van der Waals surface area contributed by atoms with Gasteiger partial charge in [0.1, 0.15) is 11.8 Å². The maximum Gasteiger partial charge on any atom is 0.326 e. The van der Waals surface area contributed by atoms with Crippen LogP contribution in [0.25, 0.3) is 0 Å². The van der Waals surface area contributed by atoms with E-state index in [0.717, 1.165) is 11.1 Å². The minimum atomic E-state index is -1.10. The maximum absolute atomic E-state index is 12.7. The number of rotatable bonds is 5. The predicted molar refractivity (Wildman–Crippen MR) is 87.8 cm³/mol. The van der Waals surface area contributed by atoms with Crippen molar-refractivity contribution in [2.75, 3.05) is 7.11 Å². The van der Waals surface area contributed by atoms with Gasteiger partial charge in [0, 0.05) is 18.4 Å². The van der Waals surface area contributed by atoms with Crippen molar-refractivity contribution in [3.05, 3.63) is 29.3 Å². The smallest absolute Gasteiger partial charge is 0.326 e. The lowest BCUT2D eigenvalue weighted by molar-refractivity contribution is -0.157. The topological polar surface area (TPSA) is 83.9 Å². The van der Waals surface area contributed by atoms with E-state index in [-0.39, 0.29) is 13.0 Å². The van der Waals surface area contributed by atoms with E-state index in [9.17, 15) is 19.5 Å². The monoisotopic (exact) mass is 333 g/mol. The van der Waals surface area contributed by atoms with E-state index in [1.807, 2.05) is 13.0 Å². The van der Waals surface area contributed by atoms with E-state index in [1.54, 1.807) is 33.1 Å². The van der Waals surface area contributed by atoms with Gasteiger partial charge in [0.15, 0.2) is 0 Å². The number of carbonyl (C=O) groups is 3. The number of amides is 1. The molecule has 0 aromatic heterocycles. The van der Waals surface area contributed by atoms with Gasteiger partial charge < -0.3 is 14.7 Å². The number of fused-ring (bicyclic) bond motifs is 1. The largest absolute Gasteiger partial charge is 0.497 e. The van der Waals surface area contributed by atoms with E-state index >= 15 is 0 Å². The molecular formula is C18H23NO5. The van der Waals surface area contributed by atoms with Crippen LogP contribution in [0, 0.1) is 5.41 Å². The van der Waals surface area contributed by atoms with Gasteiger partial charge in [0.05, 0.1) is 7.11 Å². The number of methoxy groups -OCH3 is 1. The highest BCUT2D eigenvalue weighted by Crippen LogP contribution is 2.29. The zero-order chi connectivity index (χ0) is 18.1. The number of ketones is 1. The highest BCUT2D eigenvalue weighted by atomic mass is 16.5. The summed E-state index contributed by atoms with van der Waals surface area (Å²) >= 11 is 0. The summed E-state index contributed by atoms with van der Waals surface area (Å²) in [5.74, 6) is -1.76. The molecule has 0 bridgehead atoms. The number of Topliss-reactive ketones (excluding diaryl/α,β-unsaturated/α-hetero) is 1. The van der Waals surface area contributed by atoms with Crippen LogP contribution in [0.2, 0.25) is 0 Å². The van der Waals surface area contributed by atoms with Crippen molar-refractivity contribution >= 4 is 17.7 Å². The molecule has 130 valence electrons. The summed E-state index contributed by atoms with van der Waals surface area (Å²) in [5.41, 5.74) is 0.853. The third-order valence-electron chi connectivity index (χ3n) is 4.78. The Hall–Kier alpha value is -2.37. The van der Waals surface area contributed by atoms with Gasteiger partial charge in [-0.25, -0.2) is 4.79 Å². The number of nitrogens with zero attached hydrogens (tertiary/aromatic N) is 1. The fraction of sp³-hybridized carbons (Fsp3) is 0.500. The lowest BCUT2D eigenvalue weighted by Crippen LogP contribution is -2.53. The van der Waals surface area contributed by atoms with Crippen LogP contribution in [-0.4, -0.2) is 40.8 Å². The summed E-state index contributed by atoms with van der Waals surface area (Å²) in [6.45, 7) is 5.32. The lowest BCUT2D eigenvalue weighted by atomic mass is 9.83. The molecule has 6 heteroatoms. The molecule has 0 unspecified atom stereocenters. The summed E-state index contributed by atoms with van der Waals surface area (Å²) < 4.78 is 5.18. The van der Waals surface area contributed by atoms with Crippen LogP contribution in [0.3, 0.4) is 0 Å². The fourth-order valence-corrected chi connectivity index (χ4v) is 2.70. The summed E-state index contributed by atoms with van der Waals surface area (Å²) in [6, 6.07) is 4.32. The van der Waals surface area contributed by atoms with E-state index in [2.05, 4.69) is 0 Å². The molecule has 0 spiro atoms. The van der Waals surface area contributed by atoms with Gasteiger partial charge in [-0.2, -0.15) is 0 Å². The number of aliphatic carboxylic acids is 1. The molecule has 2 rings (SSSR count). The number of carboxylic acids is 1. The molecule has 1 heterocycles. The number of ether oxygens (including phenoxy) is 1. The molecular weight excluding hydrogens is 310 g/mol. The van der Waals surface area contributed by atoms with Crippen LogP contribution >= 0.6 is 0 Å². The van der Waals surface area contributed by atoms with E-state index in [0.29, 0.717) is 12.2 Å². The van der Waals surface area contributed by atoms with Crippen LogP contribution in [-0.2, 0) is 27.3 Å². The standard InChI is InChI=1S/C18H23NO5/c1-5-18(2,3)15(20)16(21)19-10-12-8-13(24-4)7-6-11(12)9-14(19)17(22)23/h6-8,14H,5,9-10H2,1-4H3,(H,22,23)/t14-/m0/s1. The quantitative estimate of drug-likeness (QED) is 0.834. The molecule has 0 radical (unpaired) electrons. The van der Waals surface area contributed by atoms with Crippen molar-refractivity contribution in [3.8, 4) is 5.75 Å². The third-order valence-corrected chi connectivity index (χ3v) is 4.78. The Kier molecular flexibility index (Phi) is 4.96. The molecule has 24 heavy (non-hydrogen) atoms. The molecule has 1 aliphatic heterocycles. The minimum absolute atomic E-state index is 0.0911. The van der Waals surface area contributed by atoms with Gasteiger partial charge in [-0.05, 0) is 29.7 Å². The predicted octanol–water partition coefficient (Wildman–Crippen LogP) is 2.04. The van der Waals surface area contributed by atoms with Gasteiger partial charge in [-0.3, -0.25) is 9.59 Å². The first kappa shape index (κ1) is 18.0. The van der Waals surface area contributed by atoms with Gasteiger partial charge in [0.25, 0.3) is 5.91 Å². The molecule has 0 fully saturated rings. The number of carboxylic acid groups (broad SMARTS) is 1. The average molecular weight is 333 g/mol. The van der Waals surface area contributed by atoms with Crippen molar-refractivity contribution in [2.24, 2.45) is 5.41 Å². The maximum atomic E-state index is 12.7. The van der Waals surface area contributed by atoms with Crippen molar-refractivity contribution < 1.29 is 24.2 Å². The summed E-state index contributed by atoms with van der Waals surface area (Å²) in [5, 5.41) is 9.50. The Morgan fingerprint density at radius 3 is 2.50 bits per heavy atom. The van der Waals surface area contributed by atoms with Gasteiger partial charge in [-0.1, -0.05) is 26.8 Å². The van der Waals surface area contributed by atoms with E-state index in [4.69, 9.17) is 4.74 Å². The highest BCUT2D eigenvalue weighted by molar-refractivity contribution is 6.38. The lowest BCUT2D eigenvalue weighted by Gasteiger charge is -2.35. The van der Waals surface area contributed by atoms with Gasteiger partial charge in [-0.15, -0.1) is 0 Å². The Morgan fingerprint density at radius 2 is 1.96 bits per heavy atom. The van der Waals surface area contributed by atoms with Crippen LogP contribution in [0.1, 0.15) is 38.3 Å². The molecule has 0 saturated heterocycles. The van der Waals surface area contributed by atoms with E-state index < -0.39 is 29.1 Å². The number of benzene rings is 1. The summed E-state index contributed by atoms with van der Waals surface area (Å²) in [4.78, 5) is 37.9. The van der Waals surface area contributed by atoms with Gasteiger partial charge in [0.2, 0.25) is 5.78 Å². The van der Waals surface area contributed by atoms with Gasteiger partial charge >= 0.3 is 5.97 Å². The highest BCUT2D eigenvalue weighted by Gasteiger charge is 2.41. The zero-order valence-corrected chi connectivity index (χ0v) is 14.5. The molecule has 0 saturated carbocycles. The number of hydrogen-bond acceptors (Lipinski definition) is 4. The van der Waals surface area contributed by atoms with Crippen LogP contribution in [0.4, 0.5) is 0 Å². The molecule has 1 amide bonds. The first-order valence-electron chi connectivity index (χ1n) is 7.95. The van der Waals surface area contributed by atoms with E-state index in [1.165, 1.54) is 4.90 Å². The second-order valence-corrected chi connectivity index (χ2v) is 6.69. The zero-order valence-electron chi connectivity index (χ0n) is 14.5. The Bertz CT molecular complexity index is 680. The molecule has 1 aromatic rings. The second-order valence-electron chi connectivity index (χ2n) is 6.69. The first-order chi connectivity index (χ1) is 11.2. The van der Waals surface area contributed by atoms with Crippen LogP contribution in [0.15, 0.2) is 18.2 Å². The SMILES string of the molecule is CCC(C)(C)C(=O)C(=O)N1Cc2cc(OC)ccc2C[C@H]1C(=O)O. The molecule has 1 atom stereocenters. The molecule has 6 nitrogen and oxygen atoms in total. The normalized spacial score (nSPS) is 17.2. The van der Waals surface area contributed by atoms with Crippen molar-refractivity contribution in [1.82, 2.24) is 4.90 Å². The molecule has 0 aliphatic carbocycles. The Labute approximate surface area is 141 Å². The second kappa shape index (κ2) is 6.63. The van der Waals surface area contributed by atoms with Crippen LogP contribution < -0.4 is 4.74 Å². The Balaban J connectivity index is 2.38. The van der Waals surface area contributed by atoms with Crippen molar-refractivity contribution in [2.45, 2.75) is 46.2 Å². The summed E-state index contributed by atoms with van der Waals surface area (Å²) in [6.07, 6.45) is 0.688. The minimum Gasteiger partial charge on any atom is -0.497 e. The average Bonchev–Trinajstić information content (AvgIpc) is 2.58. The number of carbonyl (C=O) groups excluding carboxylic acids is 2. The number of hydrogen-bond donors (Lipinski definition) is 1. The van der Waals surface area contributed by atoms with Crippen molar-refractivity contribution in [3.63, 3.8) is 0 Å². The summed E-state index contributed by atoms with van der Waals surface area (Å²) in [7, 11) is 1.54.